The molecule has 0 unspecified atom stereocenters. The summed E-state index contributed by atoms with van der Waals surface area (Å²) < 4.78 is 26.6. The van der Waals surface area contributed by atoms with Crippen LogP contribution in [-0.2, 0) is 10.0 Å². The number of sulfonamides is 1. The van der Waals surface area contributed by atoms with Crippen molar-refractivity contribution in [3.05, 3.63) is 52.8 Å². The van der Waals surface area contributed by atoms with E-state index in [4.69, 9.17) is 22.1 Å². The molecule has 0 spiro atoms. The Morgan fingerprint density at radius 2 is 1.90 bits per heavy atom. The number of anilines is 1. The summed E-state index contributed by atoms with van der Waals surface area (Å²) in [6.45, 7) is 0. The molecule has 0 radical (unpaired) electrons. The molecular weight excluding hydrogens is 312 g/mol. The standard InChI is InChI=1S/C13H7ClN4O2S/c14-12-5-9(6-15)1-4-13(12)18-21(19,20)11-3-2-10(7-16)17-8-11/h1-5,8,18H. The van der Waals surface area contributed by atoms with Crippen molar-refractivity contribution < 1.29 is 8.42 Å². The van der Waals surface area contributed by atoms with Crippen molar-refractivity contribution in [1.82, 2.24) is 4.98 Å². The van der Waals surface area contributed by atoms with E-state index in [0.717, 1.165) is 6.20 Å². The molecule has 8 heteroatoms. The van der Waals surface area contributed by atoms with Crippen molar-refractivity contribution in [3.8, 4) is 12.1 Å². The van der Waals surface area contributed by atoms with E-state index in [0.29, 0.717) is 5.56 Å². The number of benzene rings is 1. The highest BCUT2D eigenvalue weighted by atomic mass is 35.5. The van der Waals surface area contributed by atoms with E-state index in [1.54, 1.807) is 6.07 Å². The maximum Gasteiger partial charge on any atom is 0.263 e. The molecule has 0 aliphatic heterocycles. The number of nitrogens with one attached hydrogen (secondary N) is 1. The molecule has 0 fully saturated rings. The summed E-state index contributed by atoms with van der Waals surface area (Å²) >= 11 is 5.91. The number of nitrogens with zero attached hydrogens (tertiary/aromatic N) is 3. The Kier molecular flexibility index (Phi) is 4.08. The molecule has 1 heterocycles. The summed E-state index contributed by atoms with van der Waals surface area (Å²) in [5.41, 5.74) is 0.591. The summed E-state index contributed by atoms with van der Waals surface area (Å²) in [5, 5.41) is 17.5. The minimum absolute atomic E-state index is 0.0954. The summed E-state index contributed by atoms with van der Waals surface area (Å²) in [4.78, 5) is 3.60. The number of hydrogen-bond acceptors (Lipinski definition) is 5. The van der Waals surface area contributed by atoms with Gasteiger partial charge in [-0.25, -0.2) is 13.4 Å². The number of aromatic nitrogens is 1. The van der Waals surface area contributed by atoms with Gasteiger partial charge in [0.05, 0.1) is 22.3 Å². The average Bonchev–Trinajstić information content (AvgIpc) is 2.49. The smallest absolute Gasteiger partial charge is 0.263 e. The minimum Gasteiger partial charge on any atom is -0.278 e. The van der Waals surface area contributed by atoms with Crippen LogP contribution in [0.3, 0.4) is 0 Å². The number of pyridine rings is 1. The second-order valence-corrected chi connectivity index (χ2v) is 5.99. The molecule has 104 valence electrons. The largest absolute Gasteiger partial charge is 0.278 e. The quantitative estimate of drug-likeness (QED) is 0.934. The molecule has 2 aromatic rings. The first-order valence-corrected chi connectivity index (χ1v) is 7.41. The number of hydrogen-bond donors (Lipinski definition) is 1. The van der Waals surface area contributed by atoms with Crippen LogP contribution in [0.15, 0.2) is 41.4 Å². The van der Waals surface area contributed by atoms with Gasteiger partial charge in [0.2, 0.25) is 0 Å². The first-order valence-electron chi connectivity index (χ1n) is 5.55. The minimum atomic E-state index is -3.87. The van der Waals surface area contributed by atoms with Crippen LogP contribution >= 0.6 is 11.6 Å². The van der Waals surface area contributed by atoms with Gasteiger partial charge in [0.15, 0.2) is 0 Å². The molecule has 1 aromatic heterocycles. The van der Waals surface area contributed by atoms with Crippen LogP contribution < -0.4 is 4.72 Å². The zero-order valence-electron chi connectivity index (χ0n) is 10.4. The molecule has 6 nitrogen and oxygen atoms in total. The topological polar surface area (TPSA) is 107 Å². The second-order valence-electron chi connectivity index (χ2n) is 3.90. The van der Waals surface area contributed by atoms with Crippen molar-refractivity contribution in [2.75, 3.05) is 4.72 Å². The van der Waals surface area contributed by atoms with Gasteiger partial charge in [-0.2, -0.15) is 10.5 Å². The maximum atomic E-state index is 12.2. The Morgan fingerprint density at radius 3 is 2.43 bits per heavy atom. The zero-order chi connectivity index (χ0) is 15.5. The van der Waals surface area contributed by atoms with E-state index in [9.17, 15) is 8.42 Å². The van der Waals surface area contributed by atoms with Gasteiger partial charge < -0.3 is 0 Å². The summed E-state index contributed by atoms with van der Waals surface area (Å²) in [7, 11) is -3.87. The van der Waals surface area contributed by atoms with E-state index in [-0.39, 0.29) is 21.3 Å². The molecule has 1 N–H and O–H groups in total. The van der Waals surface area contributed by atoms with Crippen LogP contribution in [0.2, 0.25) is 5.02 Å². The lowest BCUT2D eigenvalue weighted by Crippen LogP contribution is -2.13. The third kappa shape index (κ3) is 3.29. The van der Waals surface area contributed by atoms with Crippen molar-refractivity contribution in [1.29, 1.82) is 10.5 Å². The first-order chi connectivity index (χ1) is 9.96. The summed E-state index contributed by atoms with van der Waals surface area (Å²) in [6, 6.07) is 10.5. The summed E-state index contributed by atoms with van der Waals surface area (Å²) in [6.07, 6.45) is 1.08. The van der Waals surface area contributed by atoms with Gasteiger partial charge in [0, 0.05) is 6.20 Å². The lowest BCUT2D eigenvalue weighted by molar-refractivity contribution is 0.601. The molecule has 0 atom stereocenters. The Bertz CT molecular complexity index is 865. The Hall–Kier alpha value is -2.61. The third-order valence-corrected chi connectivity index (χ3v) is 4.17. The van der Waals surface area contributed by atoms with Crippen LogP contribution in [0.5, 0.6) is 0 Å². The monoisotopic (exact) mass is 318 g/mol. The van der Waals surface area contributed by atoms with Crippen LogP contribution in [0.25, 0.3) is 0 Å². The third-order valence-electron chi connectivity index (χ3n) is 2.50. The van der Waals surface area contributed by atoms with Gasteiger partial charge in [0.25, 0.3) is 10.0 Å². The molecule has 2 rings (SSSR count). The van der Waals surface area contributed by atoms with E-state index in [1.807, 2.05) is 6.07 Å². The van der Waals surface area contributed by atoms with Crippen LogP contribution in [0.4, 0.5) is 5.69 Å². The molecule has 21 heavy (non-hydrogen) atoms. The Morgan fingerprint density at radius 1 is 1.14 bits per heavy atom. The van der Waals surface area contributed by atoms with Gasteiger partial charge in [-0.1, -0.05) is 11.6 Å². The van der Waals surface area contributed by atoms with Gasteiger partial charge >= 0.3 is 0 Å². The highest BCUT2D eigenvalue weighted by Crippen LogP contribution is 2.25. The SMILES string of the molecule is N#Cc1ccc(NS(=O)(=O)c2ccc(C#N)nc2)c(Cl)c1. The fourth-order valence-corrected chi connectivity index (χ4v) is 2.78. The predicted octanol–water partition coefficient (Wildman–Crippen LogP) is 2.28. The maximum absolute atomic E-state index is 12.2. The van der Waals surface area contributed by atoms with E-state index >= 15 is 0 Å². The lowest BCUT2D eigenvalue weighted by Gasteiger charge is -2.09. The molecule has 0 saturated heterocycles. The molecule has 0 aliphatic rings. The molecule has 0 amide bonds. The van der Waals surface area contributed by atoms with Crippen LogP contribution in [0.1, 0.15) is 11.3 Å². The number of halogens is 1. The second kappa shape index (κ2) is 5.80. The fourth-order valence-electron chi connectivity index (χ4n) is 1.48. The highest BCUT2D eigenvalue weighted by molar-refractivity contribution is 7.92. The molecule has 0 saturated carbocycles. The summed E-state index contributed by atoms with van der Waals surface area (Å²) in [5.74, 6) is 0. The number of nitriles is 2. The van der Waals surface area contributed by atoms with E-state index in [1.165, 1.54) is 30.3 Å². The van der Waals surface area contributed by atoms with Gasteiger partial charge in [-0.3, -0.25) is 4.72 Å². The van der Waals surface area contributed by atoms with Crippen LogP contribution in [-0.4, -0.2) is 13.4 Å². The molecular formula is C13H7ClN4O2S. The van der Waals surface area contributed by atoms with Gasteiger partial charge in [-0.05, 0) is 30.3 Å². The zero-order valence-corrected chi connectivity index (χ0v) is 12.0. The Labute approximate surface area is 126 Å². The van der Waals surface area contributed by atoms with Crippen LogP contribution in [0, 0.1) is 22.7 Å². The Balaban J connectivity index is 2.33. The first kappa shape index (κ1) is 14.8. The number of rotatable bonds is 3. The lowest BCUT2D eigenvalue weighted by atomic mass is 10.2. The van der Waals surface area contributed by atoms with E-state index < -0.39 is 10.0 Å². The van der Waals surface area contributed by atoms with Crippen molar-refractivity contribution in [2.24, 2.45) is 0 Å². The van der Waals surface area contributed by atoms with Gasteiger partial charge in [-0.15, -0.1) is 0 Å². The molecule has 0 bridgehead atoms. The average molecular weight is 319 g/mol. The van der Waals surface area contributed by atoms with Crippen molar-refractivity contribution in [2.45, 2.75) is 4.90 Å². The molecule has 0 aliphatic carbocycles. The van der Waals surface area contributed by atoms with Crippen molar-refractivity contribution >= 4 is 27.3 Å². The van der Waals surface area contributed by atoms with Gasteiger partial charge in [0.1, 0.15) is 16.7 Å². The fraction of sp³-hybridized carbons (Fsp3) is 0. The molecule has 1 aromatic carbocycles. The van der Waals surface area contributed by atoms with Crippen molar-refractivity contribution in [3.63, 3.8) is 0 Å². The predicted molar refractivity (Wildman–Crippen MR) is 75.9 cm³/mol. The highest BCUT2D eigenvalue weighted by Gasteiger charge is 2.16. The normalized spacial score (nSPS) is 10.4. The van der Waals surface area contributed by atoms with E-state index in [2.05, 4.69) is 9.71 Å².